The van der Waals surface area contributed by atoms with Crippen molar-refractivity contribution >= 4 is 11.8 Å². The molecule has 1 aliphatic rings. The van der Waals surface area contributed by atoms with Gasteiger partial charge in [-0.2, -0.15) is 0 Å². The molecule has 0 spiro atoms. The van der Waals surface area contributed by atoms with Crippen LogP contribution >= 0.6 is 0 Å². The average Bonchev–Trinajstić information content (AvgIpc) is 2.69. The van der Waals surface area contributed by atoms with Crippen LogP contribution in [0.3, 0.4) is 0 Å². The zero-order chi connectivity index (χ0) is 19.9. The molecule has 1 fully saturated rings. The van der Waals surface area contributed by atoms with Gasteiger partial charge in [0.1, 0.15) is 0 Å². The molecule has 0 aliphatic carbocycles. The molecule has 5 heteroatoms. The van der Waals surface area contributed by atoms with Crippen LogP contribution in [0.15, 0.2) is 54.6 Å². The van der Waals surface area contributed by atoms with E-state index >= 15 is 0 Å². The maximum Gasteiger partial charge on any atom is 0.225 e. The molecule has 28 heavy (non-hydrogen) atoms. The van der Waals surface area contributed by atoms with E-state index in [2.05, 4.69) is 34.5 Å². The molecule has 2 amide bonds. The molecule has 0 aromatic heterocycles. The predicted molar refractivity (Wildman–Crippen MR) is 111 cm³/mol. The molecule has 0 radical (unpaired) electrons. The molecule has 2 aromatic rings. The maximum atomic E-state index is 12.9. The minimum atomic E-state index is -0.284. The van der Waals surface area contributed by atoms with E-state index < -0.39 is 0 Å². The molecule has 5 nitrogen and oxygen atoms in total. The van der Waals surface area contributed by atoms with E-state index in [4.69, 9.17) is 0 Å². The number of benzene rings is 2. The molecule has 3 rings (SSSR count). The van der Waals surface area contributed by atoms with Crippen molar-refractivity contribution in [3.63, 3.8) is 0 Å². The zero-order valence-corrected chi connectivity index (χ0v) is 16.7. The molecular formula is C23H29N3O2. The summed E-state index contributed by atoms with van der Waals surface area (Å²) in [7, 11) is 0. The third-order valence-electron chi connectivity index (χ3n) is 5.21. The fourth-order valence-corrected chi connectivity index (χ4v) is 3.60. The van der Waals surface area contributed by atoms with Crippen molar-refractivity contribution < 1.29 is 9.59 Å². The highest BCUT2D eigenvalue weighted by Gasteiger charge is 2.24. The monoisotopic (exact) mass is 379 g/mol. The summed E-state index contributed by atoms with van der Waals surface area (Å²) in [5.41, 5.74) is 3.43. The van der Waals surface area contributed by atoms with E-state index in [0.29, 0.717) is 6.42 Å². The molecule has 1 atom stereocenters. The van der Waals surface area contributed by atoms with E-state index in [1.54, 1.807) is 0 Å². The van der Waals surface area contributed by atoms with Crippen LogP contribution in [0.1, 0.15) is 36.1 Å². The zero-order valence-electron chi connectivity index (χ0n) is 16.7. The van der Waals surface area contributed by atoms with Crippen molar-refractivity contribution in [2.75, 3.05) is 26.2 Å². The first-order valence-corrected chi connectivity index (χ1v) is 9.89. The van der Waals surface area contributed by atoms with Crippen LogP contribution in [0.2, 0.25) is 0 Å². The number of hydrogen-bond acceptors (Lipinski definition) is 3. The predicted octanol–water partition coefficient (Wildman–Crippen LogP) is 2.91. The first-order valence-electron chi connectivity index (χ1n) is 9.89. The summed E-state index contributed by atoms with van der Waals surface area (Å²) < 4.78 is 0. The van der Waals surface area contributed by atoms with Crippen molar-refractivity contribution in [2.45, 2.75) is 32.9 Å². The normalized spacial score (nSPS) is 15.9. The van der Waals surface area contributed by atoms with Gasteiger partial charge in [-0.25, -0.2) is 0 Å². The van der Waals surface area contributed by atoms with Gasteiger partial charge in [-0.3, -0.25) is 14.5 Å². The van der Waals surface area contributed by atoms with Gasteiger partial charge in [-0.15, -0.1) is 0 Å². The van der Waals surface area contributed by atoms with Gasteiger partial charge in [0, 0.05) is 39.6 Å². The number of carbonyl (C=O) groups is 2. The lowest BCUT2D eigenvalue weighted by Crippen LogP contribution is -2.49. The minimum absolute atomic E-state index is 0.0960. The van der Waals surface area contributed by atoms with Crippen LogP contribution in [-0.2, 0) is 16.1 Å². The van der Waals surface area contributed by atoms with Crippen LogP contribution in [0.4, 0.5) is 0 Å². The number of aryl methyl sites for hydroxylation is 1. The highest BCUT2D eigenvalue weighted by Crippen LogP contribution is 2.20. The number of amides is 2. The second kappa shape index (κ2) is 9.51. The van der Waals surface area contributed by atoms with Gasteiger partial charge in [0.2, 0.25) is 11.8 Å². The Kier molecular flexibility index (Phi) is 6.82. The second-order valence-corrected chi connectivity index (χ2v) is 7.51. The smallest absolute Gasteiger partial charge is 0.225 e. The van der Waals surface area contributed by atoms with Gasteiger partial charge in [0.05, 0.1) is 12.5 Å². The summed E-state index contributed by atoms with van der Waals surface area (Å²) in [6.45, 7) is 7.64. The van der Waals surface area contributed by atoms with Crippen LogP contribution in [0, 0.1) is 6.92 Å². The van der Waals surface area contributed by atoms with Crippen molar-refractivity contribution in [2.24, 2.45) is 0 Å². The molecule has 1 saturated heterocycles. The highest BCUT2D eigenvalue weighted by molar-refractivity contribution is 5.79. The molecule has 0 bridgehead atoms. The Hall–Kier alpha value is -2.66. The summed E-state index contributed by atoms with van der Waals surface area (Å²) >= 11 is 0. The number of piperazine rings is 1. The number of hydrogen-bond donors (Lipinski definition) is 1. The van der Waals surface area contributed by atoms with Crippen molar-refractivity contribution in [3.8, 4) is 0 Å². The summed E-state index contributed by atoms with van der Waals surface area (Å²) in [6, 6.07) is 18.1. The van der Waals surface area contributed by atoms with Gasteiger partial charge in [0.15, 0.2) is 0 Å². The van der Waals surface area contributed by atoms with Gasteiger partial charge in [-0.05, 0) is 18.1 Å². The SMILES string of the molecule is CC(=O)NC(CC(=O)N1CCN(Cc2ccccc2)CC1)c1ccc(C)cc1. The molecule has 148 valence electrons. The van der Waals surface area contributed by atoms with Crippen LogP contribution in [0.25, 0.3) is 0 Å². The molecule has 1 unspecified atom stereocenters. The topological polar surface area (TPSA) is 52.7 Å². The van der Waals surface area contributed by atoms with Gasteiger partial charge >= 0.3 is 0 Å². The third kappa shape index (κ3) is 5.67. The third-order valence-corrected chi connectivity index (χ3v) is 5.21. The summed E-state index contributed by atoms with van der Waals surface area (Å²) in [5, 5.41) is 2.93. The number of carbonyl (C=O) groups excluding carboxylic acids is 2. The van der Waals surface area contributed by atoms with E-state index in [0.717, 1.165) is 43.9 Å². The lowest BCUT2D eigenvalue weighted by atomic mass is 10.0. The lowest BCUT2D eigenvalue weighted by molar-refractivity contribution is -0.133. The molecule has 2 aromatic carbocycles. The Morgan fingerprint density at radius 1 is 0.964 bits per heavy atom. The summed E-state index contributed by atoms with van der Waals surface area (Å²) in [4.78, 5) is 28.8. The largest absolute Gasteiger partial charge is 0.349 e. The lowest BCUT2D eigenvalue weighted by Gasteiger charge is -2.35. The average molecular weight is 380 g/mol. The summed E-state index contributed by atoms with van der Waals surface area (Å²) in [6.07, 6.45) is 0.293. The number of nitrogens with zero attached hydrogens (tertiary/aromatic N) is 2. The van der Waals surface area contributed by atoms with E-state index in [1.165, 1.54) is 12.5 Å². The Labute approximate surface area is 167 Å². The van der Waals surface area contributed by atoms with Crippen molar-refractivity contribution in [1.29, 1.82) is 0 Å². The number of nitrogens with one attached hydrogen (secondary N) is 1. The van der Waals surface area contributed by atoms with Crippen LogP contribution in [-0.4, -0.2) is 47.8 Å². The van der Waals surface area contributed by atoms with E-state index in [-0.39, 0.29) is 17.9 Å². The van der Waals surface area contributed by atoms with Gasteiger partial charge in [-0.1, -0.05) is 60.2 Å². The Morgan fingerprint density at radius 3 is 2.21 bits per heavy atom. The van der Waals surface area contributed by atoms with E-state index in [1.807, 2.05) is 42.2 Å². The van der Waals surface area contributed by atoms with Gasteiger partial charge < -0.3 is 10.2 Å². The Balaban J connectivity index is 1.55. The standard InChI is InChI=1S/C23H29N3O2/c1-18-8-10-21(11-9-18)22(24-19(2)27)16-23(28)26-14-12-25(13-15-26)17-20-6-4-3-5-7-20/h3-11,22H,12-17H2,1-2H3,(H,24,27). The van der Waals surface area contributed by atoms with Crippen LogP contribution < -0.4 is 5.32 Å². The summed E-state index contributed by atoms with van der Waals surface area (Å²) in [5.74, 6) is -0.0234. The van der Waals surface area contributed by atoms with Gasteiger partial charge in [0.25, 0.3) is 0 Å². The molecule has 1 aliphatic heterocycles. The highest BCUT2D eigenvalue weighted by atomic mass is 16.2. The van der Waals surface area contributed by atoms with Crippen molar-refractivity contribution in [3.05, 3.63) is 71.3 Å². The minimum Gasteiger partial charge on any atom is -0.349 e. The van der Waals surface area contributed by atoms with Crippen molar-refractivity contribution in [1.82, 2.24) is 15.1 Å². The Morgan fingerprint density at radius 2 is 1.61 bits per heavy atom. The number of rotatable bonds is 6. The molecule has 0 saturated carbocycles. The Bertz CT molecular complexity index is 781. The fourth-order valence-electron chi connectivity index (χ4n) is 3.60. The van der Waals surface area contributed by atoms with Crippen LogP contribution in [0.5, 0.6) is 0 Å². The second-order valence-electron chi connectivity index (χ2n) is 7.51. The molecule has 1 N–H and O–H groups in total. The first kappa shape index (κ1) is 20.1. The quantitative estimate of drug-likeness (QED) is 0.840. The van der Waals surface area contributed by atoms with E-state index in [9.17, 15) is 9.59 Å². The molecule has 1 heterocycles. The maximum absolute atomic E-state index is 12.9. The molecular weight excluding hydrogens is 350 g/mol. The fraction of sp³-hybridized carbons (Fsp3) is 0.391. The first-order chi connectivity index (χ1) is 13.5.